The molecule has 0 unspecified atom stereocenters. The van der Waals surface area contributed by atoms with E-state index in [1.54, 1.807) is 0 Å². The zero-order valence-electron chi connectivity index (χ0n) is 11.9. The molecule has 108 valence electrons. The molecule has 0 bridgehead atoms. The van der Waals surface area contributed by atoms with E-state index in [2.05, 4.69) is 12.1 Å². The van der Waals surface area contributed by atoms with Crippen LogP contribution < -0.4 is 5.19 Å². The number of alkyl halides is 1. The fraction of sp³-hybridized carbons (Fsp3) is 0.571. The van der Waals surface area contributed by atoms with E-state index in [0.717, 1.165) is 11.6 Å². The summed E-state index contributed by atoms with van der Waals surface area (Å²) in [6.07, 6.45) is 0.869. The van der Waals surface area contributed by atoms with Crippen LogP contribution in [0.15, 0.2) is 24.3 Å². The van der Waals surface area contributed by atoms with E-state index in [0.29, 0.717) is 25.7 Å². The number of halogens is 1. The Labute approximate surface area is 122 Å². The normalized spacial score (nSPS) is 11.8. The molecule has 0 saturated heterocycles. The van der Waals surface area contributed by atoms with E-state index >= 15 is 0 Å². The van der Waals surface area contributed by atoms with E-state index in [9.17, 15) is 0 Å². The molecule has 1 aromatic carbocycles. The predicted molar refractivity (Wildman–Crippen MR) is 81.1 cm³/mol. The van der Waals surface area contributed by atoms with Crippen molar-refractivity contribution in [1.29, 1.82) is 0 Å². The summed E-state index contributed by atoms with van der Waals surface area (Å²) in [7, 11) is -2.75. The number of aryl methyl sites for hydroxylation is 1. The molecule has 3 nitrogen and oxygen atoms in total. The van der Waals surface area contributed by atoms with Gasteiger partial charge >= 0.3 is 8.80 Å². The lowest BCUT2D eigenvalue weighted by Gasteiger charge is -2.28. The van der Waals surface area contributed by atoms with E-state index in [1.165, 1.54) is 5.56 Å². The minimum absolute atomic E-state index is 0.579. The van der Waals surface area contributed by atoms with Gasteiger partial charge in [-0.1, -0.05) is 24.3 Å². The fourth-order valence-electron chi connectivity index (χ4n) is 1.93. The van der Waals surface area contributed by atoms with Crippen LogP contribution in [0.5, 0.6) is 0 Å². The first-order chi connectivity index (χ1) is 9.22. The van der Waals surface area contributed by atoms with Crippen LogP contribution in [0.2, 0.25) is 0 Å². The highest BCUT2D eigenvalue weighted by Crippen LogP contribution is 2.12. The highest BCUT2D eigenvalue weighted by atomic mass is 35.5. The van der Waals surface area contributed by atoms with Gasteiger partial charge in [0.2, 0.25) is 0 Å². The van der Waals surface area contributed by atoms with Gasteiger partial charge in [-0.15, -0.1) is 11.6 Å². The minimum Gasteiger partial charge on any atom is -0.370 e. The largest absolute Gasteiger partial charge is 0.537 e. The van der Waals surface area contributed by atoms with Gasteiger partial charge in [-0.2, -0.15) is 0 Å². The average Bonchev–Trinajstić information content (AvgIpc) is 2.41. The van der Waals surface area contributed by atoms with Crippen LogP contribution in [0, 0.1) is 0 Å². The molecule has 1 aromatic rings. The Morgan fingerprint density at radius 2 is 1.37 bits per heavy atom. The van der Waals surface area contributed by atoms with Crippen molar-refractivity contribution in [2.45, 2.75) is 27.2 Å². The third-order valence-corrected chi connectivity index (χ3v) is 5.93. The summed E-state index contributed by atoms with van der Waals surface area (Å²) in [6.45, 7) is 7.62. The number of hydrogen-bond acceptors (Lipinski definition) is 3. The van der Waals surface area contributed by atoms with Gasteiger partial charge in [0.15, 0.2) is 0 Å². The summed E-state index contributed by atoms with van der Waals surface area (Å²) in [5.41, 5.74) is 1.21. The molecular formula is C14H23ClO3Si. The van der Waals surface area contributed by atoms with Gasteiger partial charge in [0.25, 0.3) is 0 Å². The van der Waals surface area contributed by atoms with Gasteiger partial charge < -0.3 is 13.3 Å². The van der Waals surface area contributed by atoms with Crippen molar-refractivity contribution in [3.05, 3.63) is 29.8 Å². The van der Waals surface area contributed by atoms with Gasteiger partial charge in [0, 0.05) is 30.9 Å². The van der Waals surface area contributed by atoms with E-state index in [-0.39, 0.29) is 0 Å². The van der Waals surface area contributed by atoms with Crippen LogP contribution in [0.3, 0.4) is 0 Å². The van der Waals surface area contributed by atoms with Gasteiger partial charge in [-0.3, -0.25) is 0 Å². The predicted octanol–water partition coefficient (Wildman–Crippen LogP) is 2.72. The smallest absolute Gasteiger partial charge is 0.370 e. The zero-order valence-corrected chi connectivity index (χ0v) is 13.7. The fourth-order valence-corrected chi connectivity index (χ4v) is 4.61. The molecule has 0 aliphatic carbocycles. The van der Waals surface area contributed by atoms with Crippen molar-refractivity contribution in [2.75, 3.05) is 25.7 Å². The van der Waals surface area contributed by atoms with E-state index in [4.69, 9.17) is 24.9 Å². The Balaban J connectivity index is 3.00. The van der Waals surface area contributed by atoms with Crippen molar-refractivity contribution in [2.24, 2.45) is 0 Å². The Bertz CT molecular complexity index is 339. The van der Waals surface area contributed by atoms with Gasteiger partial charge in [-0.05, 0) is 32.8 Å². The van der Waals surface area contributed by atoms with Crippen LogP contribution in [0.1, 0.15) is 26.3 Å². The van der Waals surface area contributed by atoms with Crippen molar-refractivity contribution < 1.29 is 13.3 Å². The third-order valence-electron chi connectivity index (χ3n) is 2.69. The lowest BCUT2D eigenvalue weighted by atomic mass is 10.2. The number of hydrogen-bond donors (Lipinski definition) is 0. The molecule has 0 radical (unpaired) electrons. The Morgan fingerprint density at radius 3 is 1.74 bits per heavy atom. The summed E-state index contributed by atoms with van der Waals surface area (Å²) >= 11 is 5.75. The quantitative estimate of drug-likeness (QED) is 0.518. The molecule has 0 atom stereocenters. The molecule has 0 saturated carbocycles. The van der Waals surface area contributed by atoms with Crippen molar-refractivity contribution in [3.8, 4) is 0 Å². The Hall–Kier alpha value is -0.393. The molecule has 0 aromatic heterocycles. The molecule has 5 heteroatoms. The Morgan fingerprint density at radius 1 is 0.895 bits per heavy atom. The van der Waals surface area contributed by atoms with Gasteiger partial charge in [-0.25, -0.2) is 0 Å². The first-order valence-corrected chi connectivity index (χ1v) is 9.05. The lowest BCUT2D eigenvalue weighted by molar-refractivity contribution is 0.0859. The second-order valence-corrected chi connectivity index (χ2v) is 6.92. The summed E-state index contributed by atoms with van der Waals surface area (Å²) in [5.74, 6) is 0.629. The maximum Gasteiger partial charge on any atom is 0.537 e. The highest BCUT2D eigenvalue weighted by molar-refractivity contribution is 6.75. The van der Waals surface area contributed by atoms with Gasteiger partial charge in [0.05, 0.1) is 0 Å². The molecule has 0 spiro atoms. The molecule has 1 rings (SSSR count). The molecule has 0 aliphatic heterocycles. The third kappa shape index (κ3) is 4.58. The molecular weight excluding hydrogens is 280 g/mol. The summed E-state index contributed by atoms with van der Waals surface area (Å²) in [5, 5.41) is 1.01. The van der Waals surface area contributed by atoms with Crippen LogP contribution >= 0.6 is 11.6 Å². The number of rotatable bonds is 9. The van der Waals surface area contributed by atoms with Crippen molar-refractivity contribution in [1.82, 2.24) is 0 Å². The molecule has 0 N–H and O–H groups in total. The Kier molecular flexibility index (Phi) is 7.64. The molecule has 0 amide bonds. The highest BCUT2D eigenvalue weighted by Gasteiger charge is 2.42. The standard InChI is InChI=1S/C14H23ClO3Si/c1-4-16-19(17-5-2,18-6-3)14-9-7-13(8-10-14)11-12-15/h7-10H,4-6,11-12H2,1-3H3. The van der Waals surface area contributed by atoms with E-state index < -0.39 is 8.80 Å². The first kappa shape index (κ1) is 16.7. The second kappa shape index (κ2) is 8.71. The van der Waals surface area contributed by atoms with Gasteiger partial charge in [0.1, 0.15) is 0 Å². The van der Waals surface area contributed by atoms with Crippen LogP contribution in [-0.2, 0) is 19.7 Å². The van der Waals surface area contributed by atoms with E-state index in [1.807, 2.05) is 32.9 Å². The van der Waals surface area contributed by atoms with Crippen molar-refractivity contribution in [3.63, 3.8) is 0 Å². The average molecular weight is 303 g/mol. The summed E-state index contributed by atoms with van der Waals surface area (Å²) < 4.78 is 17.6. The summed E-state index contributed by atoms with van der Waals surface area (Å²) in [6, 6.07) is 8.21. The molecule has 0 aliphatic rings. The minimum atomic E-state index is -2.75. The van der Waals surface area contributed by atoms with Crippen LogP contribution in [-0.4, -0.2) is 34.5 Å². The zero-order chi connectivity index (χ0) is 14.1. The van der Waals surface area contributed by atoms with Crippen LogP contribution in [0.25, 0.3) is 0 Å². The number of benzene rings is 1. The van der Waals surface area contributed by atoms with Crippen LogP contribution in [0.4, 0.5) is 0 Å². The SMILES string of the molecule is CCO[Si](OCC)(OCC)c1ccc(CCCl)cc1. The topological polar surface area (TPSA) is 27.7 Å². The second-order valence-electron chi connectivity index (χ2n) is 3.99. The maximum atomic E-state index is 5.86. The molecule has 19 heavy (non-hydrogen) atoms. The molecule has 0 heterocycles. The first-order valence-electron chi connectivity index (χ1n) is 6.79. The molecule has 0 fully saturated rings. The van der Waals surface area contributed by atoms with Crippen molar-refractivity contribution >= 4 is 25.6 Å². The monoisotopic (exact) mass is 302 g/mol. The maximum absolute atomic E-state index is 5.86. The summed E-state index contributed by atoms with van der Waals surface area (Å²) in [4.78, 5) is 0. The lowest BCUT2D eigenvalue weighted by Crippen LogP contribution is -2.56.